The molecule has 0 aliphatic carbocycles. The summed E-state index contributed by atoms with van der Waals surface area (Å²) in [5, 5.41) is 4.69. The lowest BCUT2D eigenvalue weighted by Gasteiger charge is -2.11. The Morgan fingerprint density at radius 2 is 2.00 bits per heavy atom. The van der Waals surface area contributed by atoms with E-state index in [4.69, 9.17) is 5.73 Å². The average Bonchev–Trinajstić information content (AvgIpc) is 3.00. The quantitative estimate of drug-likeness (QED) is 0.773. The van der Waals surface area contributed by atoms with Crippen molar-refractivity contribution in [3.05, 3.63) is 53.0 Å². The second-order valence-electron chi connectivity index (χ2n) is 4.24. The van der Waals surface area contributed by atoms with Crippen LogP contribution in [0.3, 0.4) is 0 Å². The number of nitrogens with one attached hydrogen (secondary N) is 1. The number of hydrogen-bond acceptors (Lipinski definition) is 5. The summed E-state index contributed by atoms with van der Waals surface area (Å²) in [5.74, 6) is -0.240. The Hall–Kier alpha value is -2.31. The highest BCUT2D eigenvalue weighted by molar-refractivity contribution is 7.10. The fourth-order valence-corrected chi connectivity index (χ4v) is 2.58. The number of thiophene rings is 1. The van der Waals surface area contributed by atoms with Crippen molar-refractivity contribution >= 4 is 34.0 Å². The molecule has 1 aromatic carbocycles. The summed E-state index contributed by atoms with van der Waals surface area (Å²) >= 11 is 1.46. The fraction of sp³-hybridized carbons (Fsp3) is 0.0714. The van der Waals surface area contributed by atoms with Crippen molar-refractivity contribution in [1.82, 2.24) is 9.97 Å². The van der Waals surface area contributed by atoms with E-state index in [1.807, 2.05) is 23.6 Å². The second-order valence-corrected chi connectivity index (χ2v) is 5.22. The number of carbonyl (C=O) groups is 1. The molecule has 20 heavy (non-hydrogen) atoms. The first-order valence-electron chi connectivity index (χ1n) is 6.04. The second kappa shape index (κ2) is 5.36. The monoisotopic (exact) mass is 284 g/mol. The van der Waals surface area contributed by atoms with Gasteiger partial charge in [-0.3, -0.25) is 14.8 Å². The lowest BCUT2D eigenvalue weighted by molar-refractivity contribution is -0.117. The molecule has 6 heteroatoms. The molecule has 0 bridgehead atoms. The number of rotatable bonds is 3. The van der Waals surface area contributed by atoms with Crippen LogP contribution in [0.2, 0.25) is 0 Å². The Kier molecular flexibility index (Phi) is 3.41. The molecule has 0 aliphatic rings. The summed E-state index contributed by atoms with van der Waals surface area (Å²) < 4.78 is 0. The topological polar surface area (TPSA) is 80.9 Å². The lowest BCUT2D eigenvalue weighted by Crippen LogP contribution is -2.26. The van der Waals surface area contributed by atoms with Gasteiger partial charge in [0, 0.05) is 23.0 Å². The Bertz CT molecular complexity index is 742. The number of benzene rings is 1. The van der Waals surface area contributed by atoms with E-state index in [2.05, 4.69) is 15.3 Å². The molecular weight excluding hydrogens is 272 g/mol. The van der Waals surface area contributed by atoms with Gasteiger partial charge in [-0.15, -0.1) is 11.3 Å². The van der Waals surface area contributed by atoms with Gasteiger partial charge in [-0.25, -0.2) is 0 Å². The molecule has 2 aromatic heterocycles. The minimum Gasteiger partial charge on any atom is -0.324 e. The Morgan fingerprint density at radius 1 is 1.20 bits per heavy atom. The zero-order chi connectivity index (χ0) is 13.9. The normalized spacial score (nSPS) is 12.2. The van der Waals surface area contributed by atoms with Gasteiger partial charge in [-0.05, 0) is 29.6 Å². The summed E-state index contributed by atoms with van der Waals surface area (Å²) in [7, 11) is 0. The van der Waals surface area contributed by atoms with Gasteiger partial charge < -0.3 is 11.1 Å². The minimum atomic E-state index is -0.660. The van der Waals surface area contributed by atoms with Crippen LogP contribution in [0.4, 0.5) is 5.69 Å². The van der Waals surface area contributed by atoms with E-state index in [0.717, 1.165) is 15.9 Å². The summed E-state index contributed by atoms with van der Waals surface area (Å²) in [6.45, 7) is 0. The van der Waals surface area contributed by atoms with Crippen molar-refractivity contribution in [3.8, 4) is 0 Å². The first-order valence-corrected chi connectivity index (χ1v) is 6.92. The third-order valence-corrected chi connectivity index (χ3v) is 3.82. The van der Waals surface area contributed by atoms with Crippen LogP contribution in [0.25, 0.3) is 11.0 Å². The molecule has 0 radical (unpaired) electrons. The smallest absolute Gasteiger partial charge is 0.246 e. The Balaban J connectivity index is 1.80. The van der Waals surface area contributed by atoms with E-state index in [1.165, 1.54) is 11.3 Å². The number of carbonyl (C=O) groups excluding carboxylic acids is 1. The SMILES string of the molecule is NC(C(=O)Nc1ccc2nccnc2c1)c1cccs1. The maximum absolute atomic E-state index is 12.1. The molecule has 0 spiro atoms. The zero-order valence-corrected chi connectivity index (χ0v) is 11.3. The van der Waals surface area contributed by atoms with Gasteiger partial charge in [0.2, 0.25) is 5.91 Å². The maximum Gasteiger partial charge on any atom is 0.246 e. The predicted molar refractivity (Wildman–Crippen MR) is 79.4 cm³/mol. The summed E-state index contributed by atoms with van der Waals surface area (Å²) in [6, 6.07) is 8.44. The van der Waals surface area contributed by atoms with E-state index in [0.29, 0.717) is 5.69 Å². The van der Waals surface area contributed by atoms with E-state index >= 15 is 0 Å². The number of nitrogens with two attached hydrogens (primary N) is 1. The van der Waals surface area contributed by atoms with E-state index in [-0.39, 0.29) is 5.91 Å². The van der Waals surface area contributed by atoms with Crippen LogP contribution in [0, 0.1) is 0 Å². The Morgan fingerprint density at radius 3 is 2.75 bits per heavy atom. The molecule has 0 saturated carbocycles. The molecule has 0 saturated heterocycles. The molecule has 0 fully saturated rings. The van der Waals surface area contributed by atoms with Crippen LogP contribution in [-0.2, 0) is 4.79 Å². The molecule has 1 atom stereocenters. The number of amides is 1. The molecule has 5 nitrogen and oxygen atoms in total. The molecule has 1 unspecified atom stereocenters. The van der Waals surface area contributed by atoms with Crippen molar-refractivity contribution in [2.24, 2.45) is 5.73 Å². The number of fused-ring (bicyclic) bond motifs is 1. The molecular formula is C14H12N4OS. The van der Waals surface area contributed by atoms with Crippen LogP contribution < -0.4 is 11.1 Å². The number of anilines is 1. The van der Waals surface area contributed by atoms with Gasteiger partial charge in [0.1, 0.15) is 6.04 Å². The first-order chi connectivity index (χ1) is 9.74. The van der Waals surface area contributed by atoms with E-state index in [9.17, 15) is 4.79 Å². The van der Waals surface area contributed by atoms with E-state index < -0.39 is 6.04 Å². The molecule has 100 valence electrons. The number of hydrogen-bond donors (Lipinski definition) is 2. The Labute approximate surface area is 119 Å². The zero-order valence-electron chi connectivity index (χ0n) is 10.5. The molecule has 1 amide bonds. The van der Waals surface area contributed by atoms with Crippen molar-refractivity contribution < 1.29 is 4.79 Å². The van der Waals surface area contributed by atoms with Crippen LogP contribution in [-0.4, -0.2) is 15.9 Å². The molecule has 0 aliphatic heterocycles. The number of aromatic nitrogens is 2. The molecule has 3 N–H and O–H groups in total. The standard InChI is InChI=1S/C14H12N4OS/c15-13(12-2-1-7-20-12)14(19)18-9-3-4-10-11(8-9)17-6-5-16-10/h1-8,13H,15H2,(H,18,19). The maximum atomic E-state index is 12.1. The highest BCUT2D eigenvalue weighted by Gasteiger charge is 2.16. The third-order valence-electron chi connectivity index (χ3n) is 2.87. The van der Waals surface area contributed by atoms with Gasteiger partial charge in [0.25, 0.3) is 0 Å². The van der Waals surface area contributed by atoms with Gasteiger partial charge >= 0.3 is 0 Å². The van der Waals surface area contributed by atoms with Crippen LogP contribution in [0.1, 0.15) is 10.9 Å². The van der Waals surface area contributed by atoms with Gasteiger partial charge in [0.15, 0.2) is 0 Å². The summed E-state index contributed by atoms with van der Waals surface area (Å²) in [5.41, 5.74) is 8.09. The van der Waals surface area contributed by atoms with Crippen molar-refractivity contribution in [1.29, 1.82) is 0 Å². The van der Waals surface area contributed by atoms with Crippen molar-refractivity contribution in [2.45, 2.75) is 6.04 Å². The lowest BCUT2D eigenvalue weighted by atomic mass is 10.2. The fourth-order valence-electron chi connectivity index (χ4n) is 1.86. The minimum absolute atomic E-state index is 0.240. The van der Waals surface area contributed by atoms with Crippen molar-refractivity contribution in [3.63, 3.8) is 0 Å². The highest BCUT2D eigenvalue weighted by atomic mass is 32.1. The van der Waals surface area contributed by atoms with E-state index in [1.54, 1.807) is 24.5 Å². The van der Waals surface area contributed by atoms with Gasteiger partial charge in [-0.2, -0.15) is 0 Å². The number of nitrogens with zero attached hydrogens (tertiary/aromatic N) is 2. The first kappa shape index (κ1) is 12.7. The molecule has 3 rings (SSSR count). The molecule has 3 aromatic rings. The largest absolute Gasteiger partial charge is 0.324 e. The summed E-state index contributed by atoms with van der Waals surface area (Å²) in [6.07, 6.45) is 3.25. The van der Waals surface area contributed by atoms with Crippen LogP contribution >= 0.6 is 11.3 Å². The highest BCUT2D eigenvalue weighted by Crippen LogP contribution is 2.20. The van der Waals surface area contributed by atoms with Crippen LogP contribution in [0.5, 0.6) is 0 Å². The third kappa shape index (κ3) is 2.52. The van der Waals surface area contributed by atoms with Gasteiger partial charge in [0.05, 0.1) is 11.0 Å². The predicted octanol–water partition coefficient (Wildman–Crippen LogP) is 2.33. The molecule has 2 heterocycles. The van der Waals surface area contributed by atoms with Crippen molar-refractivity contribution in [2.75, 3.05) is 5.32 Å². The average molecular weight is 284 g/mol. The van der Waals surface area contributed by atoms with Crippen LogP contribution in [0.15, 0.2) is 48.1 Å². The summed E-state index contributed by atoms with van der Waals surface area (Å²) in [4.78, 5) is 21.3. The van der Waals surface area contributed by atoms with Gasteiger partial charge in [-0.1, -0.05) is 6.07 Å².